The quantitative estimate of drug-likeness (QED) is 0.582. The molecule has 0 saturated carbocycles. The van der Waals surface area contributed by atoms with Crippen LogP contribution >= 0.6 is 23.4 Å². The van der Waals surface area contributed by atoms with Crippen LogP contribution in [0.2, 0.25) is 5.02 Å². The van der Waals surface area contributed by atoms with Crippen LogP contribution in [0, 0.1) is 0 Å². The summed E-state index contributed by atoms with van der Waals surface area (Å²) in [5, 5.41) is 9.22. The van der Waals surface area contributed by atoms with Gasteiger partial charge in [0.15, 0.2) is 5.16 Å². The first-order valence-electron chi connectivity index (χ1n) is 6.02. The number of hydrogen-bond acceptors (Lipinski definition) is 5. The van der Waals surface area contributed by atoms with E-state index in [4.69, 9.17) is 17.3 Å². The van der Waals surface area contributed by atoms with Crippen molar-refractivity contribution in [3.63, 3.8) is 0 Å². The molecule has 9 heteroatoms. The van der Waals surface area contributed by atoms with E-state index in [-0.39, 0.29) is 11.6 Å². The minimum absolute atomic E-state index is 0.248. The Labute approximate surface area is 129 Å². The van der Waals surface area contributed by atoms with Crippen molar-refractivity contribution in [3.05, 3.63) is 33.7 Å². The second-order valence-electron chi connectivity index (χ2n) is 4.36. The monoisotopic (exact) mass is 327 g/mol. The highest BCUT2D eigenvalue weighted by molar-refractivity contribution is 8.00. The van der Waals surface area contributed by atoms with Crippen molar-refractivity contribution in [3.8, 4) is 0 Å². The number of carbonyl (C=O) groups excluding carboxylic acids is 1. The Morgan fingerprint density at radius 3 is 2.86 bits per heavy atom. The third-order valence-corrected chi connectivity index (χ3v) is 4.20. The van der Waals surface area contributed by atoms with Crippen LogP contribution in [0.5, 0.6) is 0 Å². The number of rotatable bonds is 4. The number of nitrogens with zero attached hydrogens (tertiary/aromatic N) is 2. The maximum absolute atomic E-state index is 12.1. The van der Waals surface area contributed by atoms with Gasteiger partial charge in [0, 0.05) is 12.7 Å². The van der Waals surface area contributed by atoms with E-state index in [9.17, 15) is 9.59 Å². The topological polar surface area (TPSA) is 106 Å². The van der Waals surface area contributed by atoms with Crippen molar-refractivity contribution in [1.82, 2.24) is 14.8 Å². The Morgan fingerprint density at radius 1 is 1.57 bits per heavy atom. The molecule has 0 aliphatic carbocycles. The molecule has 7 nitrogen and oxygen atoms in total. The lowest BCUT2D eigenvalue weighted by molar-refractivity contribution is -0.115. The average Bonchev–Trinajstić information content (AvgIpc) is 2.73. The summed E-state index contributed by atoms with van der Waals surface area (Å²) in [6.07, 6.45) is 0. The van der Waals surface area contributed by atoms with E-state index in [0.29, 0.717) is 21.6 Å². The summed E-state index contributed by atoms with van der Waals surface area (Å²) in [5.41, 5.74) is 6.27. The van der Waals surface area contributed by atoms with Crippen LogP contribution in [0.15, 0.2) is 28.2 Å². The van der Waals surface area contributed by atoms with Crippen LogP contribution in [0.25, 0.3) is 0 Å². The molecular formula is C12H14ClN5O2S. The summed E-state index contributed by atoms with van der Waals surface area (Å²) in [5.74, 6) is -0.248. The van der Waals surface area contributed by atoms with Crippen LogP contribution in [0.3, 0.4) is 0 Å². The number of anilines is 2. The lowest BCUT2D eigenvalue weighted by Crippen LogP contribution is -2.23. The number of nitrogens with one attached hydrogen (secondary N) is 2. The van der Waals surface area contributed by atoms with E-state index in [1.165, 1.54) is 16.3 Å². The minimum atomic E-state index is -0.451. The predicted molar refractivity (Wildman–Crippen MR) is 83.6 cm³/mol. The number of aromatic amines is 1. The Bertz CT molecular complexity index is 727. The maximum Gasteiger partial charge on any atom is 0.343 e. The number of thioether (sulfide) groups is 1. The fourth-order valence-electron chi connectivity index (χ4n) is 1.52. The van der Waals surface area contributed by atoms with Crippen molar-refractivity contribution in [1.29, 1.82) is 0 Å². The number of nitrogens with two attached hydrogens (primary N) is 1. The zero-order valence-electron chi connectivity index (χ0n) is 11.4. The standard InChI is InChI=1S/C12H14ClN5O2S/c1-6(21-12-17-16-11(20)18(12)2)10(19)15-9-4-3-7(14)5-8(9)13/h3-6H,14H2,1-2H3,(H,15,19)(H,16,20). The second kappa shape index (κ2) is 6.23. The van der Waals surface area contributed by atoms with Gasteiger partial charge >= 0.3 is 5.69 Å². The zero-order valence-corrected chi connectivity index (χ0v) is 13.0. The predicted octanol–water partition coefficient (Wildman–Crippen LogP) is 1.46. The number of carbonyl (C=O) groups is 1. The smallest absolute Gasteiger partial charge is 0.343 e. The summed E-state index contributed by atoms with van der Waals surface area (Å²) in [4.78, 5) is 23.4. The summed E-state index contributed by atoms with van der Waals surface area (Å²) in [6, 6.07) is 4.85. The molecule has 1 amide bonds. The molecule has 1 atom stereocenters. The van der Waals surface area contributed by atoms with Gasteiger partial charge in [-0.05, 0) is 25.1 Å². The molecule has 1 aromatic carbocycles. The lowest BCUT2D eigenvalue weighted by atomic mass is 10.2. The molecule has 0 aliphatic heterocycles. The number of amides is 1. The van der Waals surface area contributed by atoms with E-state index in [0.717, 1.165) is 0 Å². The van der Waals surface area contributed by atoms with Crippen LogP contribution in [-0.2, 0) is 11.8 Å². The summed E-state index contributed by atoms with van der Waals surface area (Å²) in [7, 11) is 1.58. The number of halogens is 1. The number of nitrogen functional groups attached to an aromatic ring is 1. The third kappa shape index (κ3) is 3.59. The summed E-state index contributed by atoms with van der Waals surface area (Å²) >= 11 is 7.17. The van der Waals surface area contributed by atoms with Crippen LogP contribution in [0.1, 0.15) is 6.92 Å². The van der Waals surface area contributed by atoms with E-state index in [1.54, 1.807) is 32.2 Å². The van der Waals surface area contributed by atoms with Crippen LogP contribution < -0.4 is 16.7 Å². The van der Waals surface area contributed by atoms with E-state index in [2.05, 4.69) is 15.5 Å². The summed E-state index contributed by atoms with van der Waals surface area (Å²) < 4.78 is 1.34. The van der Waals surface area contributed by atoms with E-state index in [1.807, 2.05) is 0 Å². The van der Waals surface area contributed by atoms with Crippen LogP contribution in [-0.4, -0.2) is 25.9 Å². The molecule has 0 aliphatic rings. The van der Waals surface area contributed by atoms with Gasteiger partial charge in [-0.2, -0.15) is 0 Å². The first-order chi connectivity index (χ1) is 9.88. The van der Waals surface area contributed by atoms with Gasteiger partial charge in [0.2, 0.25) is 5.91 Å². The SMILES string of the molecule is CC(Sc1n[nH]c(=O)n1C)C(=O)Nc1ccc(N)cc1Cl. The van der Waals surface area contributed by atoms with Crippen molar-refractivity contribution in [2.24, 2.45) is 7.05 Å². The molecule has 4 N–H and O–H groups in total. The van der Waals surface area contributed by atoms with Gasteiger partial charge in [0.05, 0.1) is 16.0 Å². The van der Waals surface area contributed by atoms with Gasteiger partial charge in [-0.15, -0.1) is 5.10 Å². The van der Waals surface area contributed by atoms with E-state index < -0.39 is 5.25 Å². The molecule has 2 aromatic rings. The molecule has 0 spiro atoms. The van der Waals surface area contributed by atoms with Crippen molar-refractivity contribution >= 4 is 40.6 Å². The molecule has 1 aromatic heterocycles. The number of hydrogen-bond donors (Lipinski definition) is 3. The highest BCUT2D eigenvalue weighted by atomic mass is 35.5. The van der Waals surface area contributed by atoms with Crippen molar-refractivity contribution < 1.29 is 4.79 Å². The number of benzene rings is 1. The largest absolute Gasteiger partial charge is 0.399 e. The van der Waals surface area contributed by atoms with Gasteiger partial charge in [0.25, 0.3) is 0 Å². The first-order valence-corrected chi connectivity index (χ1v) is 7.28. The Morgan fingerprint density at radius 2 is 2.29 bits per heavy atom. The number of H-pyrrole nitrogens is 1. The number of aromatic nitrogens is 3. The van der Waals surface area contributed by atoms with Gasteiger partial charge in [-0.1, -0.05) is 23.4 Å². The van der Waals surface area contributed by atoms with Gasteiger partial charge in [-0.3, -0.25) is 9.36 Å². The summed E-state index contributed by atoms with van der Waals surface area (Å²) in [6.45, 7) is 1.71. The zero-order chi connectivity index (χ0) is 15.6. The molecular weight excluding hydrogens is 314 g/mol. The van der Waals surface area contributed by atoms with Crippen molar-refractivity contribution in [2.75, 3.05) is 11.1 Å². The molecule has 0 saturated heterocycles. The highest BCUT2D eigenvalue weighted by Gasteiger charge is 2.18. The molecule has 112 valence electrons. The highest BCUT2D eigenvalue weighted by Crippen LogP contribution is 2.26. The fourth-order valence-corrected chi connectivity index (χ4v) is 2.57. The minimum Gasteiger partial charge on any atom is -0.399 e. The second-order valence-corrected chi connectivity index (χ2v) is 6.07. The fraction of sp³-hybridized carbons (Fsp3) is 0.250. The van der Waals surface area contributed by atoms with E-state index >= 15 is 0 Å². The maximum atomic E-state index is 12.1. The average molecular weight is 328 g/mol. The van der Waals surface area contributed by atoms with Gasteiger partial charge < -0.3 is 11.1 Å². The Balaban J connectivity index is 2.06. The molecule has 2 rings (SSSR count). The molecule has 21 heavy (non-hydrogen) atoms. The Kier molecular flexibility index (Phi) is 4.59. The molecule has 1 heterocycles. The Hall–Kier alpha value is -1.93. The van der Waals surface area contributed by atoms with Gasteiger partial charge in [-0.25, -0.2) is 9.89 Å². The van der Waals surface area contributed by atoms with Gasteiger partial charge in [0.1, 0.15) is 0 Å². The van der Waals surface area contributed by atoms with Crippen LogP contribution in [0.4, 0.5) is 11.4 Å². The molecule has 1 unspecified atom stereocenters. The normalized spacial score (nSPS) is 12.1. The van der Waals surface area contributed by atoms with Crippen molar-refractivity contribution in [2.45, 2.75) is 17.3 Å². The molecule has 0 bridgehead atoms. The third-order valence-electron chi connectivity index (χ3n) is 2.74. The molecule has 0 radical (unpaired) electrons. The first kappa shape index (κ1) is 15.5. The lowest BCUT2D eigenvalue weighted by Gasteiger charge is -2.12. The molecule has 0 fully saturated rings.